The van der Waals surface area contributed by atoms with E-state index in [0.29, 0.717) is 28.2 Å². The standard InChI is InChI=1S/C20H19ClN2O5/c1-11(21)19(24)23-17-13-6-4-5-7-15(13)28-18(17)20(25)22-14-10-12(26-2)8-9-16(14)27-3/h4-11H,1-3H3,(H,22,25)(H,23,24)/t11-/m0/s1. The normalized spacial score (nSPS) is 11.7. The minimum atomic E-state index is -0.775. The third-order valence-electron chi connectivity index (χ3n) is 4.07. The van der Waals surface area contributed by atoms with Gasteiger partial charge in [0.1, 0.15) is 28.1 Å². The van der Waals surface area contributed by atoms with E-state index < -0.39 is 17.2 Å². The second kappa shape index (κ2) is 8.22. The largest absolute Gasteiger partial charge is 0.497 e. The highest BCUT2D eigenvalue weighted by atomic mass is 35.5. The number of nitrogens with one attached hydrogen (secondary N) is 2. The van der Waals surface area contributed by atoms with Crippen molar-refractivity contribution in [3.63, 3.8) is 0 Å². The molecule has 0 fully saturated rings. The van der Waals surface area contributed by atoms with E-state index in [1.807, 2.05) is 0 Å². The first-order chi connectivity index (χ1) is 13.4. The van der Waals surface area contributed by atoms with Gasteiger partial charge in [0.15, 0.2) is 0 Å². The van der Waals surface area contributed by atoms with Gasteiger partial charge in [0.05, 0.1) is 19.9 Å². The van der Waals surface area contributed by atoms with Gasteiger partial charge < -0.3 is 24.5 Å². The minimum Gasteiger partial charge on any atom is -0.497 e. The van der Waals surface area contributed by atoms with Crippen molar-refractivity contribution >= 4 is 45.8 Å². The SMILES string of the molecule is COc1ccc(OC)c(NC(=O)c2oc3ccccc3c2NC(=O)[C@H](C)Cl)c1. The van der Waals surface area contributed by atoms with Crippen molar-refractivity contribution in [2.75, 3.05) is 24.9 Å². The van der Waals surface area contributed by atoms with Crippen molar-refractivity contribution in [1.82, 2.24) is 0 Å². The Balaban J connectivity index is 2.01. The molecular weight excluding hydrogens is 384 g/mol. The second-order valence-corrected chi connectivity index (χ2v) is 6.58. The van der Waals surface area contributed by atoms with Crippen LogP contribution >= 0.6 is 11.6 Å². The Morgan fingerprint density at radius 3 is 2.50 bits per heavy atom. The molecule has 146 valence electrons. The van der Waals surface area contributed by atoms with E-state index in [2.05, 4.69) is 10.6 Å². The van der Waals surface area contributed by atoms with Crippen LogP contribution in [0.4, 0.5) is 11.4 Å². The Bertz CT molecular complexity index is 1030. The fourth-order valence-corrected chi connectivity index (χ4v) is 2.70. The summed E-state index contributed by atoms with van der Waals surface area (Å²) in [6.45, 7) is 1.54. The van der Waals surface area contributed by atoms with E-state index >= 15 is 0 Å². The Morgan fingerprint density at radius 2 is 1.82 bits per heavy atom. The predicted octanol–water partition coefficient (Wildman–Crippen LogP) is 4.27. The third kappa shape index (κ3) is 3.89. The number of ether oxygens (including phenoxy) is 2. The van der Waals surface area contributed by atoms with E-state index in [1.165, 1.54) is 14.2 Å². The molecule has 2 amide bonds. The van der Waals surface area contributed by atoms with Crippen LogP contribution in [0.5, 0.6) is 11.5 Å². The van der Waals surface area contributed by atoms with Crippen LogP contribution in [0.15, 0.2) is 46.9 Å². The summed E-state index contributed by atoms with van der Waals surface area (Å²) in [5, 5.41) is 5.22. The lowest BCUT2D eigenvalue weighted by molar-refractivity contribution is -0.115. The summed E-state index contributed by atoms with van der Waals surface area (Å²) in [7, 11) is 3.01. The summed E-state index contributed by atoms with van der Waals surface area (Å²) < 4.78 is 16.2. The summed E-state index contributed by atoms with van der Waals surface area (Å²) in [5.41, 5.74) is 1.12. The van der Waals surface area contributed by atoms with Crippen LogP contribution in [0, 0.1) is 0 Å². The molecule has 3 rings (SSSR count). The van der Waals surface area contributed by atoms with Gasteiger partial charge in [-0.25, -0.2) is 0 Å². The highest BCUT2D eigenvalue weighted by Gasteiger charge is 2.24. The number of rotatable bonds is 6. The Hall–Kier alpha value is -3.19. The van der Waals surface area contributed by atoms with Crippen molar-refractivity contribution in [1.29, 1.82) is 0 Å². The number of carbonyl (C=O) groups excluding carboxylic acids is 2. The first-order valence-corrected chi connectivity index (χ1v) is 8.88. The van der Waals surface area contributed by atoms with Crippen molar-refractivity contribution in [2.24, 2.45) is 0 Å². The first kappa shape index (κ1) is 19.6. The summed E-state index contributed by atoms with van der Waals surface area (Å²) >= 11 is 5.86. The quantitative estimate of drug-likeness (QED) is 0.601. The van der Waals surface area contributed by atoms with Gasteiger partial charge in [0.2, 0.25) is 11.7 Å². The van der Waals surface area contributed by atoms with Gasteiger partial charge in [-0.05, 0) is 31.2 Å². The highest BCUT2D eigenvalue weighted by Crippen LogP contribution is 2.34. The van der Waals surface area contributed by atoms with Crippen LogP contribution in [0.25, 0.3) is 11.0 Å². The number of anilines is 2. The Morgan fingerprint density at radius 1 is 1.07 bits per heavy atom. The topological polar surface area (TPSA) is 89.8 Å². The number of amides is 2. The molecule has 1 heterocycles. The van der Waals surface area contributed by atoms with Crippen molar-refractivity contribution in [3.8, 4) is 11.5 Å². The number of carbonyl (C=O) groups is 2. The molecule has 2 aromatic carbocycles. The van der Waals surface area contributed by atoms with Gasteiger partial charge in [-0.2, -0.15) is 0 Å². The number of hydrogen-bond acceptors (Lipinski definition) is 5. The molecule has 0 aliphatic rings. The van der Waals surface area contributed by atoms with Crippen LogP contribution < -0.4 is 20.1 Å². The van der Waals surface area contributed by atoms with E-state index in [-0.39, 0.29) is 11.4 Å². The maximum Gasteiger partial charge on any atom is 0.293 e. The Kier molecular flexibility index (Phi) is 5.75. The number of hydrogen-bond donors (Lipinski definition) is 2. The molecule has 7 nitrogen and oxygen atoms in total. The van der Waals surface area contributed by atoms with Crippen molar-refractivity contribution < 1.29 is 23.5 Å². The third-order valence-corrected chi connectivity index (χ3v) is 4.26. The van der Waals surface area contributed by atoms with Crippen LogP contribution in [0.1, 0.15) is 17.5 Å². The molecule has 0 bridgehead atoms. The van der Waals surface area contributed by atoms with Gasteiger partial charge in [-0.15, -0.1) is 11.6 Å². The zero-order chi connectivity index (χ0) is 20.3. The fourth-order valence-electron chi connectivity index (χ4n) is 2.64. The lowest BCUT2D eigenvalue weighted by Crippen LogP contribution is -2.22. The average molecular weight is 403 g/mol. The number of methoxy groups -OCH3 is 2. The molecule has 0 aliphatic carbocycles. The van der Waals surface area contributed by atoms with E-state index in [9.17, 15) is 9.59 Å². The zero-order valence-electron chi connectivity index (χ0n) is 15.5. The van der Waals surface area contributed by atoms with Gasteiger partial charge in [-0.1, -0.05) is 12.1 Å². The number of fused-ring (bicyclic) bond motifs is 1. The lowest BCUT2D eigenvalue weighted by atomic mass is 10.2. The summed E-state index contributed by atoms with van der Waals surface area (Å²) in [6.07, 6.45) is 0. The summed E-state index contributed by atoms with van der Waals surface area (Å²) in [4.78, 5) is 25.1. The van der Waals surface area contributed by atoms with Crippen LogP contribution in [-0.4, -0.2) is 31.4 Å². The van der Waals surface area contributed by atoms with E-state index in [1.54, 1.807) is 49.4 Å². The maximum atomic E-state index is 12.9. The second-order valence-electron chi connectivity index (χ2n) is 5.93. The molecule has 0 unspecified atom stereocenters. The molecule has 28 heavy (non-hydrogen) atoms. The predicted molar refractivity (Wildman–Crippen MR) is 108 cm³/mol. The van der Waals surface area contributed by atoms with Gasteiger partial charge >= 0.3 is 0 Å². The molecule has 0 saturated heterocycles. The fraction of sp³-hybridized carbons (Fsp3) is 0.200. The number of alkyl halides is 1. The average Bonchev–Trinajstić information content (AvgIpc) is 3.06. The molecule has 0 saturated carbocycles. The molecule has 0 aliphatic heterocycles. The van der Waals surface area contributed by atoms with Crippen LogP contribution in [0.3, 0.4) is 0 Å². The summed E-state index contributed by atoms with van der Waals surface area (Å²) in [6, 6.07) is 12.0. The Labute approximate surface area is 166 Å². The molecule has 0 radical (unpaired) electrons. The minimum absolute atomic E-state index is 0.0447. The van der Waals surface area contributed by atoms with Crippen molar-refractivity contribution in [3.05, 3.63) is 48.2 Å². The molecule has 1 aromatic heterocycles. The number of para-hydroxylation sites is 1. The number of halogens is 1. The van der Waals surface area contributed by atoms with Gasteiger partial charge in [-0.3, -0.25) is 9.59 Å². The molecule has 0 spiro atoms. The molecule has 1 atom stereocenters. The first-order valence-electron chi connectivity index (χ1n) is 8.44. The summed E-state index contributed by atoms with van der Waals surface area (Å²) in [5.74, 6) is -0.0475. The van der Waals surface area contributed by atoms with Crippen LogP contribution in [-0.2, 0) is 4.79 Å². The highest BCUT2D eigenvalue weighted by molar-refractivity contribution is 6.33. The van der Waals surface area contributed by atoms with Gasteiger partial charge in [0.25, 0.3) is 5.91 Å². The smallest absolute Gasteiger partial charge is 0.293 e. The number of benzene rings is 2. The zero-order valence-corrected chi connectivity index (χ0v) is 16.3. The van der Waals surface area contributed by atoms with E-state index in [0.717, 1.165) is 0 Å². The van der Waals surface area contributed by atoms with Crippen molar-refractivity contribution in [2.45, 2.75) is 12.3 Å². The van der Waals surface area contributed by atoms with E-state index in [4.69, 9.17) is 25.5 Å². The molecule has 3 aromatic rings. The monoisotopic (exact) mass is 402 g/mol. The maximum absolute atomic E-state index is 12.9. The van der Waals surface area contributed by atoms with Crippen LogP contribution in [0.2, 0.25) is 0 Å². The molecule has 8 heteroatoms. The van der Waals surface area contributed by atoms with Gasteiger partial charge in [0, 0.05) is 11.5 Å². The molecular formula is C20H19ClN2O5. The lowest BCUT2D eigenvalue weighted by Gasteiger charge is -2.12. The molecule has 2 N–H and O–H groups in total. The number of furan rings is 1.